The maximum absolute atomic E-state index is 13.5. The molecule has 1 fully saturated rings. The van der Waals surface area contributed by atoms with Gasteiger partial charge in [-0.05, 0) is 43.9 Å². The highest BCUT2D eigenvalue weighted by Crippen LogP contribution is 2.45. The van der Waals surface area contributed by atoms with Crippen molar-refractivity contribution in [3.8, 4) is 0 Å². The summed E-state index contributed by atoms with van der Waals surface area (Å²) >= 11 is 0. The third kappa shape index (κ3) is 3.73. The minimum atomic E-state index is -0.936. The van der Waals surface area contributed by atoms with Gasteiger partial charge >= 0.3 is 11.9 Å². The van der Waals surface area contributed by atoms with E-state index < -0.39 is 35.5 Å². The van der Waals surface area contributed by atoms with Crippen LogP contribution in [-0.2, 0) is 23.9 Å². The molecule has 7 heteroatoms. The number of hydrogen-bond acceptors (Lipinski definition) is 6. The Balaban J connectivity index is 2.17. The fourth-order valence-electron chi connectivity index (χ4n) is 4.34. The molecule has 0 radical (unpaired) electrons. The molecule has 0 spiro atoms. The smallest absolute Gasteiger partial charge is 0.336 e. The van der Waals surface area contributed by atoms with Gasteiger partial charge in [-0.3, -0.25) is 14.6 Å². The van der Waals surface area contributed by atoms with Crippen molar-refractivity contribution >= 4 is 23.4 Å². The molecule has 2 aliphatic rings. The second-order valence-electron chi connectivity index (χ2n) is 7.41. The Kier molecular flexibility index (Phi) is 5.96. The Morgan fingerprint density at radius 3 is 2.45 bits per heavy atom. The van der Waals surface area contributed by atoms with Gasteiger partial charge in [-0.25, -0.2) is 9.18 Å². The summed E-state index contributed by atoms with van der Waals surface area (Å²) in [5.74, 6) is -4.62. The highest BCUT2D eigenvalue weighted by molar-refractivity contribution is 6.17. The van der Waals surface area contributed by atoms with Gasteiger partial charge in [0.2, 0.25) is 0 Å². The number of halogens is 1. The normalized spacial score (nSPS) is 26.5. The number of nitrogens with zero attached hydrogens (tertiary/aromatic N) is 1. The number of carbonyl (C=O) groups is 3. The molecule has 154 valence electrons. The Labute approximate surface area is 168 Å². The van der Waals surface area contributed by atoms with E-state index in [1.165, 1.54) is 19.2 Å². The van der Waals surface area contributed by atoms with E-state index in [1.54, 1.807) is 26.0 Å². The van der Waals surface area contributed by atoms with Gasteiger partial charge in [0.25, 0.3) is 0 Å². The van der Waals surface area contributed by atoms with Gasteiger partial charge in [0.05, 0.1) is 25.2 Å². The summed E-state index contributed by atoms with van der Waals surface area (Å²) in [5.41, 5.74) is 1.96. The number of rotatable bonds is 4. The molecule has 4 atom stereocenters. The standard InChI is InChI=1S/C22H24FNO5/c1-5-29-22(27)17-12(3)24-15-10-11(2)16(21(26)28-4)20(25)19(15)18(17)13-6-8-14(23)9-7-13/h6-9,11,16,18-19H,5,10H2,1-4H3/t11-,16-,18-,19+/m1/s1. The average molecular weight is 401 g/mol. The van der Waals surface area contributed by atoms with Gasteiger partial charge in [0, 0.05) is 17.3 Å². The molecule has 0 unspecified atom stereocenters. The first-order valence-corrected chi connectivity index (χ1v) is 9.62. The van der Waals surface area contributed by atoms with Crippen LogP contribution in [0.4, 0.5) is 4.39 Å². The molecule has 29 heavy (non-hydrogen) atoms. The summed E-state index contributed by atoms with van der Waals surface area (Å²) in [7, 11) is 1.25. The van der Waals surface area contributed by atoms with Gasteiger partial charge in [-0.2, -0.15) is 0 Å². The van der Waals surface area contributed by atoms with E-state index in [0.29, 0.717) is 23.4 Å². The summed E-state index contributed by atoms with van der Waals surface area (Å²) in [5, 5.41) is 0. The van der Waals surface area contributed by atoms with Gasteiger partial charge in [-0.15, -0.1) is 0 Å². The fourth-order valence-corrected chi connectivity index (χ4v) is 4.34. The minimum Gasteiger partial charge on any atom is -0.468 e. The van der Waals surface area contributed by atoms with Crippen LogP contribution in [0.3, 0.4) is 0 Å². The number of allylic oxidation sites excluding steroid dienone is 1. The second kappa shape index (κ2) is 8.27. The van der Waals surface area contributed by atoms with Crippen LogP contribution in [0.1, 0.15) is 38.7 Å². The van der Waals surface area contributed by atoms with Crippen LogP contribution in [-0.4, -0.2) is 37.2 Å². The van der Waals surface area contributed by atoms with Crippen molar-refractivity contribution in [2.45, 2.75) is 33.1 Å². The summed E-state index contributed by atoms with van der Waals surface area (Å²) in [6.07, 6.45) is 0.432. The maximum Gasteiger partial charge on any atom is 0.336 e. The highest BCUT2D eigenvalue weighted by atomic mass is 19.1. The number of ether oxygens (including phenoxy) is 2. The van der Waals surface area contributed by atoms with E-state index in [0.717, 1.165) is 0 Å². The van der Waals surface area contributed by atoms with Crippen LogP contribution in [0, 0.1) is 23.6 Å². The molecular weight excluding hydrogens is 377 g/mol. The van der Waals surface area contributed by atoms with Crippen molar-refractivity contribution in [1.82, 2.24) is 0 Å². The van der Waals surface area contributed by atoms with E-state index in [-0.39, 0.29) is 23.9 Å². The molecule has 0 N–H and O–H groups in total. The number of hydrogen-bond donors (Lipinski definition) is 0. The number of Topliss-reactive ketones (excluding diaryl/α,β-unsaturated/α-hetero) is 1. The lowest BCUT2D eigenvalue weighted by atomic mass is 9.64. The van der Waals surface area contributed by atoms with Crippen molar-refractivity contribution in [3.63, 3.8) is 0 Å². The zero-order valence-corrected chi connectivity index (χ0v) is 16.9. The van der Waals surface area contributed by atoms with Crippen LogP contribution in [0.15, 0.2) is 40.5 Å². The monoisotopic (exact) mass is 401 g/mol. The van der Waals surface area contributed by atoms with E-state index in [4.69, 9.17) is 9.47 Å². The number of carbonyl (C=O) groups excluding carboxylic acids is 3. The number of esters is 2. The van der Waals surface area contributed by atoms with Crippen LogP contribution < -0.4 is 0 Å². The van der Waals surface area contributed by atoms with Gasteiger partial charge in [-0.1, -0.05) is 19.1 Å². The van der Waals surface area contributed by atoms with Crippen LogP contribution >= 0.6 is 0 Å². The fraction of sp³-hybridized carbons (Fsp3) is 0.455. The van der Waals surface area contributed by atoms with Crippen molar-refractivity contribution in [2.75, 3.05) is 13.7 Å². The van der Waals surface area contributed by atoms with Crippen LogP contribution in [0.25, 0.3) is 0 Å². The van der Waals surface area contributed by atoms with Gasteiger partial charge < -0.3 is 9.47 Å². The first-order valence-electron chi connectivity index (χ1n) is 9.62. The topological polar surface area (TPSA) is 82.0 Å². The van der Waals surface area contributed by atoms with Gasteiger partial charge in [0.1, 0.15) is 11.7 Å². The Bertz CT molecular complexity index is 902. The minimum absolute atomic E-state index is 0.169. The summed E-state index contributed by atoms with van der Waals surface area (Å²) in [6.45, 7) is 5.38. The van der Waals surface area contributed by atoms with Crippen LogP contribution in [0.2, 0.25) is 0 Å². The Hall–Kier alpha value is -2.83. The first kappa shape index (κ1) is 20.9. The Morgan fingerprint density at radius 2 is 1.86 bits per heavy atom. The molecular formula is C22H24FNO5. The van der Waals surface area contributed by atoms with E-state index in [9.17, 15) is 18.8 Å². The zero-order chi connectivity index (χ0) is 21.3. The van der Waals surface area contributed by atoms with E-state index >= 15 is 0 Å². The predicted octanol–water partition coefficient (Wildman–Crippen LogP) is 3.22. The summed E-state index contributed by atoms with van der Waals surface area (Å²) in [6, 6.07) is 5.67. The molecule has 1 heterocycles. The predicted molar refractivity (Wildman–Crippen MR) is 104 cm³/mol. The number of benzene rings is 1. The molecule has 0 bridgehead atoms. The van der Waals surface area contributed by atoms with Crippen molar-refractivity contribution in [3.05, 3.63) is 46.9 Å². The lowest BCUT2D eigenvalue weighted by molar-refractivity contribution is -0.152. The second-order valence-corrected chi connectivity index (χ2v) is 7.41. The number of ketones is 1. The van der Waals surface area contributed by atoms with E-state index in [2.05, 4.69) is 4.99 Å². The SMILES string of the molecule is CCOC(=O)C1=C(C)N=C2C[C@@H](C)[C@@H](C(=O)OC)C(=O)[C@@H]2[C@@H]1c1ccc(F)cc1. The van der Waals surface area contributed by atoms with Crippen molar-refractivity contribution in [1.29, 1.82) is 0 Å². The average Bonchev–Trinajstić information content (AvgIpc) is 2.67. The number of methoxy groups -OCH3 is 1. The zero-order valence-electron chi connectivity index (χ0n) is 16.9. The summed E-state index contributed by atoms with van der Waals surface area (Å²) < 4.78 is 23.6. The molecule has 1 aromatic rings. The third-order valence-electron chi connectivity index (χ3n) is 5.60. The number of aliphatic imine (C=N–C) groups is 1. The molecule has 1 aliphatic heterocycles. The highest BCUT2D eigenvalue weighted by Gasteiger charge is 2.51. The molecule has 6 nitrogen and oxygen atoms in total. The molecule has 1 aliphatic carbocycles. The Morgan fingerprint density at radius 1 is 1.21 bits per heavy atom. The lowest BCUT2D eigenvalue weighted by Crippen LogP contribution is -2.48. The molecule has 0 amide bonds. The molecule has 3 rings (SSSR count). The molecule has 1 aromatic carbocycles. The van der Waals surface area contributed by atoms with Gasteiger partial charge in [0.15, 0.2) is 5.78 Å². The lowest BCUT2D eigenvalue weighted by Gasteiger charge is -2.40. The maximum atomic E-state index is 13.5. The molecule has 1 saturated carbocycles. The molecule has 0 aromatic heterocycles. The van der Waals surface area contributed by atoms with Crippen molar-refractivity contribution in [2.24, 2.45) is 22.7 Å². The molecule has 0 saturated heterocycles. The van der Waals surface area contributed by atoms with E-state index in [1.807, 2.05) is 6.92 Å². The first-order chi connectivity index (χ1) is 13.8. The number of fused-ring (bicyclic) bond motifs is 1. The summed E-state index contributed by atoms with van der Waals surface area (Å²) in [4.78, 5) is 43.0. The van der Waals surface area contributed by atoms with Crippen LogP contribution in [0.5, 0.6) is 0 Å². The quantitative estimate of drug-likeness (QED) is 0.572. The van der Waals surface area contributed by atoms with Crippen molar-refractivity contribution < 1.29 is 28.2 Å². The third-order valence-corrected chi connectivity index (χ3v) is 5.60. The largest absolute Gasteiger partial charge is 0.468 e.